The van der Waals surface area contributed by atoms with E-state index in [1.807, 2.05) is 18.2 Å². The van der Waals surface area contributed by atoms with Crippen LogP contribution in [0.1, 0.15) is 38.2 Å². The third-order valence-corrected chi connectivity index (χ3v) is 5.41. The van der Waals surface area contributed by atoms with E-state index in [2.05, 4.69) is 12.2 Å². The number of carbonyl (C=O) groups is 1. The Morgan fingerprint density at radius 2 is 2.18 bits per heavy atom. The van der Waals surface area contributed by atoms with Gasteiger partial charge in [0.1, 0.15) is 5.75 Å². The van der Waals surface area contributed by atoms with E-state index in [1.165, 1.54) is 19.3 Å². The largest absolute Gasteiger partial charge is 0.496 e. The Hall–Kier alpha value is -0.870. The van der Waals surface area contributed by atoms with Crippen molar-refractivity contribution in [3.05, 3.63) is 28.8 Å². The summed E-state index contributed by atoms with van der Waals surface area (Å²) in [5.41, 5.74) is 1.03. The van der Waals surface area contributed by atoms with E-state index in [0.29, 0.717) is 22.7 Å². The summed E-state index contributed by atoms with van der Waals surface area (Å²) in [7, 11) is 1.65. The summed E-state index contributed by atoms with van der Waals surface area (Å²) in [6, 6.07) is 5.92. The van der Waals surface area contributed by atoms with Crippen molar-refractivity contribution in [1.82, 2.24) is 5.32 Å². The lowest BCUT2D eigenvalue weighted by Crippen LogP contribution is -2.41. The molecule has 22 heavy (non-hydrogen) atoms. The first kappa shape index (κ1) is 17.5. The maximum Gasteiger partial charge on any atom is 0.230 e. The molecule has 0 bridgehead atoms. The van der Waals surface area contributed by atoms with E-state index >= 15 is 0 Å². The Kier molecular flexibility index (Phi) is 6.90. The third kappa shape index (κ3) is 5.10. The molecule has 1 saturated carbocycles. The molecule has 3 nitrogen and oxygen atoms in total. The number of hydrogen-bond donors (Lipinski definition) is 1. The van der Waals surface area contributed by atoms with Gasteiger partial charge in [0.2, 0.25) is 5.91 Å². The molecule has 1 aliphatic carbocycles. The van der Waals surface area contributed by atoms with Crippen LogP contribution in [-0.2, 0) is 10.5 Å². The Bertz CT molecular complexity index is 509. The van der Waals surface area contributed by atoms with Gasteiger partial charge in [-0.2, -0.15) is 0 Å². The summed E-state index contributed by atoms with van der Waals surface area (Å²) in [5.74, 6) is 2.73. The minimum absolute atomic E-state index is 0.129. The first-order chi connectivity index (χ1) is 10.6. The van der Waals surface area contributed by atoms with Crippen LogP contribution in [0.3, 0.4) is 0 Å². The predicted molar refractivity (Wildman–Crippen MR) is 93.7 cm³/mol. The normalized spacial score (nSPS) is 21.4. The number of thioether (sulfide) groups is 1. The second kappa shape index (κ2) is 8.68. The van der Waals surface area contributed by atoms with Crippen LogP contribution in [0, 0.1) is 5.92 Å². The van der Waals surface area contributed by atoms with Gasteiger partial charge in [-0.15, -0.1) is 11.8 Å². The van der Waals surface area contributed by atoms with E-state index in [4.69, 9.17) is 16.3 Å². The molecule has 2 unspecified atom stereocenters. The topological polar surface area (TPSA) is 38.3 Å². The standard InChI is InChI=1S/C17H24ClNO2S/c1-12-5-3-4-6-15(12)19-17(20)11-22-10-13-9-14(18)7-8-16(13)21-2/h7-9,12,15H,3-6,10-11H2,1-2H3,(H,19,20). The van der Waals surface area contributed by atoms with E-state index in [-0.39, 0.29) is 5.91 Å². The van der Waals surface area contributed by atoms with Crippen molar-refractivity contribution in [2.75, 3.05) is 12.9 Å². The van der Waals surface area contributed by atoms with Gasteiger partial charge in [-0.25, -0.2) is 0 Å². The summed E-state index contributed by atoms with van der Waals surface area (Å²) in [6.45, 7) is 2.23. The molecule has 1 N–H and O–H groups in total. The fourth-order valence-electron chi connectivity index (χ4n) is 2.89. The van der Waals surface area contributed by atoms with Crippen LogP contribution < -0.4 is 10.1 Å². The first-order valence-electron chi connectivity index (χ1n) is 7.79. The minimum Gasteiger partial charge on any atom is -0.496 e. The van der Waals surface area contributed by atoms with E-state index in [1.54, 1.807) is 18.9 Å². The fraction of sp³-hybridized carbons (Fsp3) is 0.588. The average molecular weight is 342 g/mol. The van der Waals surface area contributed by atoms with Crippen LogP contribution in [-0.4, -0.2) is 24.8 Å². The van der Waals surface area contributed by atoms with Gasteiger partial charge in [0, 0.05) is 22.4 Å². The number of ether oxygens (including phenoxy) is 1. The van der Waals surface area contributed by atoms with E-state index in [9.17, 15) is 4.79 Å². The highest BCUT2D eigenvalue weighted by molar-refractivity contribution is 7.99. The SMILES string of the molecule is COc1ccc(Cl)cc1CSCC(=O)NC1CCCCC1C. The fourth-order valence-corrected chi connectivity index (χ4v) is 3.90. The molecular formula is C17H24ClNO2S. The van der Waals surface area contributed by atoms with Crippen molar-refractivity contribution in [2.45, 2.75) is 44.4 Å². The third-order valence-electron chi connectivity index (χ3n) is 4.19. The highest BCUT2D eigenvalue weighted by atomic mass is 35.5. The number of carbonyl (C=O) groups excluding carboxylic acids is 1. The molecule has 0 spiro atoms. The number of amides is 1. The van der Waals surface area contributed by atoms with Crippen LogP contribution in [0.5, 0.6) is 5.75 Å². The molecule has 0 radical (unpaired) electrons. The number of benzene rings is 1. The van der Waals surface area contributed by atoms with Crippen LogP contribution >= 0.6 is 23.4 Å². The molecule has 1 aromatic rings. The first-order valence-corrected chi connectivity index (χ1v) is 9.33. The number of nitrogens with one attached hydrogen (secondary N) is 1. The Morgan fingerprint density at radius 3 is 2.91 bits per heavy atom. The van der Waals surface area contributed by atoms with E-state index in [0.717, 1.165) is 23.5 Å². The molecular weight excluding hydrogens is 318 g/mol. The zero-order valence-electron chi connectivity index (χ0n) is 13.2. The van der Waals surface area contributed by atoms with Crippen LogP contribution in [0.15, 0.2) is 18.2 Å². The molecule has 0 aliphatic heterocycles. The lowest BCUT2D eigenvalue weighted by Gasteiger charge is -2.29. The van der Waals surface area contributed by atoms with Gasteiger partial charge in [-0.1, -0.05) is 31.4 Å². The summed E-state index contributed by atoms with van der Waals surface area (Å²) >= 11 is 7.61. The smallest absolute Gasteiger partial charge is 0.230 e. The monoisotopic (exact) mass is 341 g/mol. The maximum atomic E-state index is 12.1. The molecule has 5 heteroatoms. The second-order valence-corrected chi connectivity index (χ2v) is 7.31. The van der Waals surface area contributed by atoms with Crippen molar-refractivity contribution < 1.29 is 9.53 Å². The van der Waals surface area contributed by atoms with Crippen molar-refractivity contribution >= 4 is 29.3 Å². The Balaban J connectivity index is 1.78. The number of hydrogen-bond acceptors (Lipinski definition) is 3. The van der Waals surface area contributed by atoms with Gasteiger partial charge < -0.3 is 10.1 Å². The van der Waals surface area contributed by atoms with Crippen molar-refractivity contribution in [3.8, 4) is 5.75 Å². The Morgan fingerprint density at radius 1 is 1.41 bits per heavy atom. The summed E-state index contributed by atoms with van der Waals surface area (Å²) in [4.78, 5) is 12.1. The second-order valence-electron chi connectivity index (χ2n) is 5.88. The molecule has 1 amide bonds. The lowest BCUT2D eigenvalue weighted by molar-refractivity contribution is -0.119. The molecule has 1 aliphatic rings. The molecule has 2 atom stereocenters. The highest BCUT2D eigenvalue weighted by Gasteiger charge is 2.22. The van der Waals surface area contributed by atoms with Gasteiger partial charge >= 0.3 is 0 Å². The molecule has 122 valence electrons. The summed E-state index contributed by atoms with van der Waals surface area (Å²) < 4.78 is 5.32. The van der Waals surface area contributed by atoms with Crippen LogP contribution in [0.25, 0.3) is 0 Å². The highest BCUT2D eigenvalue weighted by Crippen LogP contribution is 2.27. The van der Waals surface area contributed by atoms with Crippen molar-refractivity contribution in [3.63, 3.8) is 0 Å². The van der Waals surface area contributed by atoms with Crippen LogP contribution in [0.2, 0.25) is 5.02 Å². The zero-order valence-corrected chi connectivity index (χ0v) is 14.8. The summed E-state index contributed by atoms with van der Waals surface area (Å²) in [6.07, 6.45) is 4.84. The molecule has 0 heterocycles. The Labute approximate surface area is 142 Å². The zero-order chi connectivity index (χ0) is 15.9. The van der Waals surface area contributed by atoms with Gasteiger partial charge in [0.05, 0.1) is 12.9 Å². The van der Waals surface area contributed by atoms with Gasteiger partial charge in [-0.3, -0.25) is 4.79 Å². The number of rotatable bonds is 6. The molecule has 1 fully saturated rings. The molecule has 2 rings (SSSR count). The summed E-state index contributed by atoms with van der Waals surface area (Å²) in [5, 5.41) is 3.87. The predicted octanol–water partition coefficient (Wildman–Crippen LogP) is 4.28. The van der Waals surface area contributed by atoms with Crippen LogP contribution in [0.4, 0.5) is 0 Å². The van der Waals surface area contributed by atoms with Gasteiger partial charge in [0.15, 0.2) is 0 Å². The van der Waals surface area contributed by atoms with Gasteiger partial charge in [0.25, 0.3) is 0 Å². The average Bonchev–Trinajstić information content (AvgIpc) is 2.50. The molecule has 0 saturated heterocycles. The number of methoxy groups -OCH3 is 1. The van der Waals surface area contributed by atoms with E-state index < -0.39 is 0 Å². The van der Waals surface area contributed by atoms with Gasteiger partial charge in [-0.05, 0) is 37.0 Å². The number of halogens is 1. The minimum atomic E-state index is 0.129. The molecule has 1 aromatic carbocycles. The van der Waals surface area contributed by atoms with Crippen molar-refractivity contribution in [2.24, 2.45) is 5.92 Å². The maximum absolute atomic E-state index is 12.1. The molecule has 0 aromatic heterocycles. The van der Waals surface area contributed by atoms with Crippen molar-refractivity contribution in [1.29, 1.82) is 0 Å². The lowest BCUT2D eigenvalue weighted by atomic mass is 9.86. The quantitative estimate of drug-likeness (QED) is 0.839.